The van der Waals surface area contributed by atoms with Gasteiger partial charge in [0.25, 0.3) is 0 Å². The maximum absolute atomic E-state index is 6.43. The third kappa shape index (κ3) is 5.82. The second-order valence-electron chi connectivity index (χ2n) is 5.50. The van der Waals surface area contributed by atoms with Gasteiger partial charge < -0.3 is 20.3 Å². The van der Waals surface area contributed by atoms with Gasteiger partial charge in [0.05, 0.1) is 0 Å². The Kier molecular flexibility index (Phi) is 6.41. The molecule has 4 nitrogen and oxygen atoms in total. The molecule has 4 heteroatoms. The van der Waals surface area contributed by atoms with Gasteiger partial charge >= 0.3 is 0 Å². The van der Waals surface area contributed by atoms with E-state index in [4.69, 9.17) is 10.5 Å². The van der Waals surface area contributed by atoms with E-state index in [9.17, 15) is 0 Å². The predicted octanol–water partition coefficient (Wildman–Crippen LogP) is 0.768. The van der Waals surface area contributed by atoms with E-state index < -0.39 is 0 Å². The van der Waals surface area contributed by atoms with Crippen LogP contribution in [0.1, 0.15) is 26.2 Å². The number of rotatable bonds is 7. The molecule has 0 aliphatic carbocycles. The van der Waals surface area contributed by atoms with Gasteiger partial charge in [-0.1, -0.05) is 6.92 Å². The van der Waals surface area contributed by atoms with E-state index in [0.29, 0.717) is 0 Å². The SMILES string of the molecule is CCN(CCCN(C)C)CC1(N)CCOCC1. The molecule has 1 heterocycles. The van der Waals surface area contributed by atoms with E-state index >= 15 is 0 Å². The first-order chi connectivity index (χ1) is 8.06. The number of hydrogen-bond acceptors (Lipinski definition) is 4. The van der Waals surface area contributed by atoms with E-state index in [1.54, 1.807) is 0 Å². The fraction of sp³-hybridized carbons (Fsp3) is 1.00. The molecule has 1 rings (SSSR count). The Morgan fingerprint density at radius 2 is 1.82 bits per heavy atom. The fourth-order valence-corrected chi connectivity index (χ4v) is 2.34. The maximum Gasteiger partial charge on any atom is 0.0484 e. The topological polar surface area (TPSA) is 41.7 Å². The molecule has 1 saturated heterocycles. The van der Waals surface area contributed by atoms with Crippen LogP contribution in [-0.2, 0) is 4.74 Å². The van der Waals surface area contributed by atoms with Crippen molar-refractivity contribution in [2.45, 2.75) is 31.7 Å². The lowest BCUT2D eigenvalue weighted by Crippen LogP contribution is -2.53. The lowest BCUT2D eigenvalue weighted by molar-refractivity contribution is 0.0380. The van der Waals surface area contributed by atoms with Crippen molar-refractivity contribution in [3.05, 3.63) is 0 Å². The average Bonchev–Trinajstić information content (AvgIpc) is 2.28. The highest BCUT2D eigenvalue weighted by atomic mass is 16.5. The third-order valence-corrected chi connectivity index (χ3v) is 3.55. The third-order valence-electron chi connectivity index (χ3n) is 3.55. The number of nitrogens with zero attached hydrogens (tertiary/aromatic N) is 2. The molecular formula is C13H29N3O. The zero-order valence-corrected chi connectivity index (χ0v) is 11.7. The quantitative estimate of drug-likeness (QED) is 0.717. The summed E-state index contributed by atoms with van der Waals surface area (Å²) in [7, 11) is 4.25. The highest BCUT2D eigenvalue weighted by molar-refractivity contribution is 4.89. The van der Waals surface area contributed by atoms with Crippen molar-refractivity contribution in [1.82, 2.24) is 9.80 Å². The van der Waals surface area contributed by atoms with Gasteiger partial charge in [-0.15, -0.1) is 0 Å². The summed E-state index contributed by atoms with van der Waals surface area (Å²) < 4.78 is 5.39. The van der Waals surface area contributed by atoms with E-state index in [2.05, 4.69) is 30.8 Å². The molecule has 1 aliphatic rings. The first-order valence-electron chi connectivity index (χ1n) is 6.79. The fourth-order valence-electron chi connectivity index (χ4n) is 2.34. The van der Waals surface area contributed by atoms with Crippen molar-refractivity contribution in [2.75, 3.05) is 53.5 Å². The summed E-state index contributed by atoms with van der Waals surface area (Å²) in [4.78, 5) is 4.72. The zero-order valence-electron chi connectivity index (χ0n) is 11.7. The molecule has 0 amide bonds. The minimum Gasteiger partial charge on any atom is -0.381 e. The average molecular weight is 243 g/mol. The first-order valence-corrected chi connectivity index (χ1v) is 6.79. The van der Waals surface area contributed by atoms with Crippen LogP contribution in [0.2, 0.25) is 0 Å². The van der Waals surface area contributed by atoms with Crippen LogP contribution in [0.15, 0.2) is 0 Å². The summed E-state index contributed by atoms with van der Waals surface area (Å²) in [6.45, 7) is 8.27. The normalized spacial score (nSPS) is 20.1. The van der Waals surface area contributed by atoms with Crippen LogP contribution in [0.5, 0.6) is 0 Å². The monoisotopic (exact) mass is 243 g/mol. The Labute approximate surface area is 106 Å². The molecule has 0 aromatic heterocycles. The smallest absolute Gasteiger partial charge is 0.0484 e. The lowest BCUT2D eigenvalue weighted by Gasteiger charge is -2.37. The molecule has 0 aromatic rings. The standard InChI is InChI=1S/C13H29N3O/c1-4-16(9-5-8-15(2)3)12-13(14)6-10-17-11-7-13/h4-12,14H2,1-3H3. The summed E-state index contributed by atoms with van der Waals surface area (Å²) in [5.74, 6) is 0. The van der Waals surface area contributed by atoms with E-state index in [0.717, 1.165) is 52.2 Å². The van der Waals surface area contributed by atoms with Crippen molar-refractivity contribution < 1.29 is 4.74 Å². The van der Waals surface area contributed by atoms with Gasteiger partial charge in [-0.2, -0.15) is 0 Å². The second-order valence-corrected chi connectivity index (χ2v) is 5.50. The highest BCUT2D eigenvalue weighted by Gasteiger charge is 2.29. The van der Waals surface area contributed by atoms with Gasteiger partial charge in [0, 0.05) is 25.3 Å². The summed E-state index contributed by atoms with van der Waals surface area (Å²) in [5.41, 5.74) is 6.41. The van der Waals surface area contributed by atoms with Gasteiger partial charge in [-0.25, -0.2) is 0 Å². The van der Waals surface area contributed by atoms with Crippen LogP contribution in [0, 0.1) is 0 Å². The molecule has 0 radical (unpaired) electrons. The summed E-state index contributed by atoms with van der Waals surface area (Å²) >= 11 is 0. The van der Waals surface area contributed by atoms with Gasteiger partial charge in [0.2, 0.25) is 0 Å². The van der Waals surface area contributed by atoms with Crippen molar-refractivity contribution >= 4 is 0 Å². The van der Waals surface area contributed by atoms with Crippen LogP contribution in [0.3, 0.4) is 0 Å². The van der Waals surface area contributed by atoms with Crippen molar-refractivity contribution in [1.29, 1.82) is 0 Å². The Morgan fingerprint density at radius 3 is 2.35 bits per heavy atom. The van der Waals surface area contributed by atoms with Crippen LogP contribution in [0.4, 0.5) is 0 Å². The van der Waals surface area contributed by atoms with Crippen LogP contribution < -0.4 is 5.73 Å². The maximum atomic E-state index is 6.43. The Balaban J connectivity index is 2.29. The number of ether oxygens (including phenoxy) is 1. The van der Waals surface area contributed by atoms with Crippen LogP contribution >= 0.6 is 0 Å². The Hall–Kier alpha value is -0.160. The predicted molar refractivity (Wildman–Crippen MR) is 72.3 cm³/mol. The molecule has 0 spiro atoms. The molecule has 1 aliphatic heterocycles. The minimum atomic E-state index is -0.0215. The van der Waals surface area contributed by atoms with Gasteiger partial charge in [-0.05, 0) is 53.0 Å². The Morgan fingerprint density at radius 1 is 1.18 bits per heavy atom. The molecule has 17 heavy (non-hydrogen) atoms. The molecule has 0 atom stereocenters. The van der Waals surface area contributed by atoms with Gasteiger partial charge in [-0.3, -0.25) is 0 Å². The minimum absolute atomic E-state index is 0.0215. The number of hydrogen-bond donors (Lipinski definition) is 1. The molecule has 2 N–H and O–H groups in total. The molecule has 0 bridgehead atoms. The van der Waals surface area contributed by atoms with Crippen LogP contribution in [0.25, 0.3) is 0 Å². The molecule has 1 fully saturated rings. The highest BCUT2D eigenvalue weighted by Crippen LogP contribution is 2.19. The first kappa shape index (κ1) is 14.9. The van der Waals surface area contributed by atoms with E-state index in [1.165, 1.54) is 6.42 Å². The van der Waals surface area contributed by atoms with Gasteiger partial charge in [0.1, 0.15) is 0 Å². The Bertz CT molecular complexity index is 203. The van der Waals surface area contributed by atoms with Crippen molar-refractivity contribution in [3.63, 3.8) is 0 Å². The number of likely N-dealkylation sites (N-methyl/N-ethyl adjacent to an activating group) is 1. The van der Waals surface area contributed by atoms with E-state index in [1.807, 2.05) is 0 Å². The molecule has 0 aromatic carbocycles. The van der Waals surface area contributed by atoms with Crippen molar-refractivity contribution in [3.8, 4) is 0 Å². The molecule has 0 unspecified atom stereocenters. The molecular weight excluding hydrogens is 214 g/mol. The second kappa shape index (κ2) is 7.31. The largest absolute Gasteiger partial charge is 0.381 e. The van der Waals surface area contributed by atoms with Crippen molar-refractivity contribution in [2.24, 2.45) is 5.73 Å². The lowest BCUT2D eigenvalue weighted by atomic mass is 9.90. The molecule has 102 valence electrons. The van der Waals surface area contributed by atoms with E-state index in [-0.39, 0.29) is 5.54 Å². The van der Waals surface area contributed by atoms with Crippen LogP contribution in [-0.4, -0.2) is 68.8 Å². The summed E-state index contributed by atoms with van der Waals surface area (Å²) in [6.07, 6.45) is 3.21. The summed E-state index contributed by atoms with van der Waals surface area (Å²) in [6, 6.07) is 0. The molecule has 0 saturated carbocycles. The number of nitrogens with two attached hydrogens (primary N) is 1. The van der Waals surface area contributed by atoms with Gasteiger partial charge in [0.15, 0.2) is 0 Å². The zero-order chi connectivity index (χ0) is 12.7. The summed E-state index contributed by atoms with van der Waals surface area (Å²) in [5, 5.41) is 0.